The first-order valence-electron chi connectivity index (χ1n) is 26.6. The first kappa shape index (κ1) is 50.1. The molecule has 6 bridgehead atoms. The van der Waals surface area contributed by atoms with Gasteiger partial charge in [-0.3, -0.25) is 43.2 Å². The summed E-state index contributed by atoms with van der Waals surface area (Å²) in [6, 6.07) is 0. The zero-order valence-electron chi connectivity index (χ0n) is 42.5. The van der Waals surface area contributed by atoms with Crippen molar-refractivity contribution in [1.29, 1.82) is 0 Å². The Morgan fingerprint density at radius 1 is 0.423 bits per heavy atom. The van der Waals surface area contributed by atoms with Gasteiger partial charge in [-0.1, -0.05) is 78.0 Å². The average molecular weight is 981 g/mol. The molecule has 0 aromatic rings. The van der Waals surface area contributed by atoms with Gasteiger partial charge in [-0.05, 0) is 116 Å². The summed E-state index contributed by atoms with van der Waals surface area (Å²) < 4.78 is 15.1. The Bertz CT molecular complexity index is 2450. The molecule has 0 aliphatic heterocycles. The second kappa shape index (κ2) is 17.3. The van der Waals surface area contributed by atoms with E-state index in [4.69, 9.17) is 14.2 Å². The monoisotopic (exact) mass is 980 g/mol. The van der Waals surface area contributed by atoms with Crippen LogP contribution in [0.4, 0.5) is 0 Å². The number of esters is 3. The molecule has 0 radical (unpaired) electrons. The molecule has 0 aromatic heterocycles. The Labute approximate surface area is 415 Å². The molecule has 14 nitrogen and oxygen atoms in total. The first-order valence-corrected chi connectivity index (χ1v) is 26.6. The van der Waals surface area contributed by atoms with Crippen LogP contribution in [0.5, 0.6) is 0 Å². The molecule has 384 valence electrons. The van der Waals surface area contributed by atoms with Crippen LogP contribution in [0.25, 0.3) is 0 Å². The Kier molecular flexibility index (Phi) is 12.2. The third kappa shape index (κ3) is 6.27. The number of aliphatic hydroxyl groups is 2. The smallest absolute Gasteiger partial charge is 0.320 e. The third-order valence-corrected chi connectivity index (χ3v) is 21.8. The lowest BCUT2D eigenvalue weighted by atomic mass is 9.47. The van der Waals surface area contributed by atoms with Crippen LogP contribution in [0.15, 0.2) is 36.5 Å². The van der Waals surface area contributed by atoms with Crippen LogP contribution < -0.4 is 0 Å². The predicted octanol–water partition coefficient (Wildman–Crippen LogP) is 5.20. The van der Waals surface area contributed by atoms with Crippen molar-refractivity contribution >= 4 is 52.6 Å². The summed E-state index contributed by atoms with van der Waals surface area (Å²) >= 11 is 0. The van der Waals surface area contributed by atoms with Gasteiger partial charge in [-0.25, -0.2) is 0 Å². The highest BCUT2D eigenvalue weighted by Crippen LogP contribution is 2.66. The van der Waals surface area contributed by atoms with Gasteiger partial charge in [0.05, 0.1) is 33.5 Å². The van der Waals surface area contributed by atoms with Crippen LogP contribution in [-0.4, -0.2) is 96.4 Å². The lowest BCUT2D eigenvalue weighted by Gasteiger charge is -2.52. The molecule has 2 N–H and O–H groups in total. The number of allylic oxidation sites excluding steroid dienone is 6. The molecule has 0 spiro atoms. The van der Waals surface area contributed by atoms with E-state index in [0.717, 1.165) is 19.3 Å². The minimum Gasteiger partial charge on any atom is -0.468 e. The highest BCUT2D eigenvalue weighted by atomic mass is 16.5. The second-order valence-corrected chi connectivity index (χ2v) is 24.3. The van der Waals surface area contributed by atoms with Crippen molar-refractivity contribution in [3.05, 3.63) is 36.5 Å². The number of rotatable bonds is 3. The van der Waals surface area contributed by atoms with E-state index in [-0.39, 0.29) is 118 Å². The number of fused-ring (bicyclic) bond motifs is 18. The van der Waals surface area contributed by atoms with Crippen molar-refractivity contribution in [3.8, 4) is 0 Å². The fourth-order valence-electron chi connectivity index (χ4n) is 19.0. The van der Waals surface area contributed by atoms with Crippen molar-refractivity contribution in [2.24, 2.45) is 141 Å². The molecule has 0 aromatic carbocycles. The number of aliphatic hydroxyl groups excluding tert-OH is 2. The van der Waals surface area contributed by atoms with E-state index in [2.05, 4.69) is 0 Å². The predicted molar refractivity (Wildman–Crippen MR) is 252 cm³/mol. The average Bonchev–Trinajstić information content (AvgIpc) is 4.23. The lowest BCUT2D eigenvalue weighted by molar-refractivity contribution is -0.182. The van der Waals surface area contributed by atoms with Gasteiger partial charge in [-0.2, -0.15) is 0 Å². The van der Waals surface area contributed by atoms with E-state index in [1.165, 1.54) is 21.3 Å². The van der Waals surface area contributed by atoms with Gasteiger partial charge in [0.1, 0.15) is 33.6 Å². The number of ether oxygens (including phenoxy) is 3. The molecule has 0 amide bonds. The number of carbonyl (C=O) groups excluding carboxylic acids is 9. The normalized spacial score (nSPS) is 51.7. The van der Waals surface area contributed by atoms with Gasteiger partial charge < -0.3 is 24.4 Å². The van der Waals surface area contributed by atoms with Crippen LogP contribution in [0.2, 0.25) is 0 Å². The summed E-state index contributed by atoms with van der Waals surface area (Å²) in [5.41, 5.74) is -4.12. The SMILES string of the molecule is COC(=O)C12C(=O)C3C(C(=O)C1[C@@H](C)C=C[C@H]2C)[C@@H]1CC(O)[C@H]3C1.COC(=O)C12C(=O)C3C(C(=O)C1[C@@H](C)C=C[C@H]2C)[C@@H]1CC[C@H]3C1.COC(=O)C12C(=O)C3C(C(=O)C1[C@@H](C)C=C[C@H]2C)[C@H]1C[C@@H]3CC1O. The standard InChI is InChI=1S/2C19H24O5.C19H24O4/c1-8-4-5-9(2)19(18(23)24-3)15(8)16(21)14-11-6-10(7-12(11)20)13(14)17(19)22;1-8-4-5-9(2)19(18(23)24-3)15(8)16(21)13-10-6-11(12(20)7-10)14(13)17(19)22;1-9-4-5-10(2)19(18(22)23-3)15(9)16(20)13-11-6-7-12(8-11)14(13)17(19)21/h2*4-5,8-15,20H,6-7H2,1-3H3;4-5,9-15H,6-8H2,1-3H3/t8-,9+,10+,11-,12?,13?,14?,15?,19?;8-,9+,10-,11+,12?,13?,14?,15?,19?;9-,10+,11+,12-,13?,14?,15?,19?/m000/s1. The molecule has 14 unspecified atom stereocenters. The number of methoxy groups -OCH3 is 3. The maximum atomic E-state index is 13.6. The van der Waals surface area contributed by atoms with Gasteiger partial charge in [0.2, 0.25) is 0 Å². The van der Waals surface area contributed by atoms with Gasteiger partial charge in [0.25, 0.3) is 0 Å². The van der Waals surface area contributed by atoms with Gasteiger partial charge in [0.15, 0.2) is 17.3 Å². The highest BCUT2D eigenvalue weighted by molar-refractivity contribution is 6.16. The van der Waals surface area contributed by atoms with Gasteiger partial charge >= 0.3 is 17.9 Å². The van der Waals surface area contributed by atoms with Crippen molar-refractivity contribution in [3.63, 3.8) is 0 Å². The Hall–Kier alpha value is -4.43. The van der Waals surface area contributed by atoms with Crippen molar-refractivity contribution in [2.75, 3.05) is 21.3 Å². The van der Waals surface area contributed by atoms with E-state index in [1.807, 2.05) is 78.0 Å². The molecule has 71 heavy (non-hydrogen) atoms. The largest absolute Gasteiger partial charge is 0.468 e. The Balaban J connectivity index is 0.000000123. The third-order valence-electron chi connectivity index (χ3n) is 21.8. The van der Waals surface area contributed by atoms with Gasteiger partial charge in [-0.15, -0.1) is 0 Å². The maximum absolute atomic E-state index is 13.6. The number of ketones is 6. The lowest BCUT2D eigenvalue weighted by Crippen LogP contribution is -2.65. The maximum Gasteiger partial charge on any atom is 0.320 e. The summed E-state index contributed by atoms with van der Waals surface area (Å²) in [7, 11) is 3.90. The molecule has 12 rings (SSSR count). The zero-order chi connectivity index (χ0) is 51.3. The summed E-state index contributed by atoms with van der Waals surface area (Å²) in [5, 5.41) is 20.5. The first-order chi connectivity index (χ1) is 33.6. The van der Waals surface area contributed by atoms with Crippen LogP contribution in [-0.2, 0) is 57.4 Å². The van der Waals surface area contributed by atoms with E-state index in [0.29, 0.717) is 31.6 Å². The number of Topliss-reactive ketones (excluding diaryl/α,β-unsaturated/α-hetero) is 6. The minimum atomic E-state index is -1.43. The number of hydrogen-bond acceptors (Lipinski definition) is 14. The van der Waals surface area contributed by atoms with E-state index < -0.39 is 81.9 Å². The second-order valence-electron chi connectivity index (χ2n) is 24.3. The minimum absolute atomic E-state index is 0.00477. The summed E-state index contributed by atoms with van der Waals surface area (Å²) in [4.78, 5) is 119. The highest BCUT2D eigenvalue weighted by Gasteiger charge is 2.75. The summed E-state index contributed by atoms with van der Waals surface area (Å²) in [6.07, 6.45) is 16.2. The molecule has 9 fully saturated rings. The van der Waals surface area contributed by atoms with Crippen molar-refractivity contribution in [1.82, 2.24) is 0 Å². The molecule has 14 heteroatoms. The fraction of sp³-hybridized carbons (Fsp3) is 0.737. The molecule has 26 atom stereocenters. The van der Waals surface area contributed by atoms with Crippen LogP contribution in [0.3, 0.4) is 0 Å². The van der Waals surface area contributed by atoms with E-state index in [1.54, 1.807) is 0 Å². The van der Waals surface area contributed by atoms with Crippen molar-refractivity contribution in [2.45, 2.75) is 98.7 Å². The number of carbonyl (C=O) groups is 9. The Morgan fingerprint density at radius 3 is 1.13 bits per heavy atom. The molecular formula is C57H72O14. The quantitative estimate of drug-likeness (QED) is 0.161. The summed E-state index contributed by atoms with van der Waals surface area (Å²) in [5.74, 6) is -6.80. The van der Waals surface area contributed by atoms with Crippen molar-refractivity contribution < 1.29 is 67.6 Å². The molecular weight excluding hydrogens is 909 g/mol. The fourth-order valence-corrected chi connectivity index (χ4v) is 19.0. The summed E-state index contributed by atoms with van der Waals surface area (Å²) in [6.45, 7) is 11.3. The number of hydrogen-bond donors (Lipinski definition) is 2. The molecule has 9 saturated carbocycles. The molecule has 12 aliphatic rings. The van der Waals surface area contributed by atoms with Crippen LogP contribution in [0.1, 0.15) is 86.5 Å². The van der Waals surface area contributed by atoms with Gasteiger partial charge in [0, 0.05) is 53.3 Å². The molecule has 12 aliphatic carbocycles. The molecule has 0 saturated heterocycles. The Morgan fingerprint density at radius 2 is 0.732 bits per heavy atom. The van der Waals surface area contributed by atoms with E-state index >= 15 is 0 Å². The van der Waals surface area contributed by atoms with Crippen LogP contribution in [0, 0.1) is 141 Å². The van der Waals surface area contributed by atoms with Crippen LogP contribution >= 0.6 is 0 Å². The topological polar surface area (TPSA) is 222 Å². The van der Waals surface area contributed by atoms with E-state index in [9.17, 15) is 53.4 Å². The molecule has 0 heterocycles. The zero-order valence-corrected chi connectivity index (χ0v) is 42.5.